The maximum atomic E-state index is 11.1. The van der Waals surface area contributed by atoms with E-state index >= 15 is 0 Å². The highest BCUT2D eigenvalue weighted by Gasteiger charge is 2.20. The van der Waals surface area contributed by atoms with E-state index in [4.69, 9.17) is 5.73 Å². The Morgan fingerprint density at radius 3 is 2.29 bits per heavy atom. The molecule has 0 bridgehead atoms. The molecule has 3 nitrogen and oxygen atoms in total. The molecule has 14 heavy (non-hydrogen) atoms. The van der Waals surface area contributed by atoms with Gasteiger partial charge in [0.2, 0.25) is 5.91 Å². The molecule has 0 aliphatic carbocycles. The predicted octanol–water partition coefficient (Wildman–Crippen LogP) is 1.47. The van der Waals surface area contributed by atoms with Crippen molar-refractivity contribution in [1.29, 1.82) is 0 Å². The Bertz CT molecular complexity index is 209. The van der Waals surface area contributed by atoms with Crippen molar-refractivity contribution >= 4 is 18.3 Å². The lowest BCUT2D eigenvalue weighted by Gasteiger charge is -2.27. The Morgan fingerprint density at radius 2 is 2.00 bits per heavy atom. The van der Waals surface area contributed by atoms with Crippen molar-refractivity contribution in [2.24, 2.45) is 11.7 Å². The molecule has 0 aliphatic heterocycles. The van der Waals surface area contributed by atoms with Crippen LogP contribution in [0.15, 0.2) is 12.2 Å². The van der Waals surface area contributed by atoms with Crippen molar-refractivity contribution in [3.8, 4) is 0 Å². The van der Waals surface area contributed by atoms with Crippen LogP contribution in [0.25, 0.3) is 0 Å². The number of carbonyl (C=O) groups is 1. The fourth-order valence-corrected chi connectivity index (χ4v) is 0.660. The lowest BCUT2D eigenvalue weighted by molar-refractivity contribution is -0.117. The van der Waals surface area contributed by atoms with Gasteiger partial charge < -0.3 is 11.1 Å². The standard InChI is InChI=1S/C10H20N2O.ClH/c1-7(2)9(13)12-6-8(3)10(4,5)11;/h8H,1,6,11H2,2-5H3,(H,12,13);1H. The lowest BCUT2D eigenvalue weighted by atomic mass is 9.90. The van der Waals surface area contributed by atoms with Crippen molar-refractivity contribution in [2.45, 2.75) is 33.2 Å². The van der Waals surface area contributed by atoms with E-state index in [0.717, 1.165) is 0 Å². The van der Waals surface area contributed by atoms with Crippen LogP contribution in [0.4, 0.5) is 0 Å². The van der Waals surface area contributed by atoms with Crippen LogP contribution >= 0.6 is 12.4 Å². The maximum Gasteiger partial charge on any atom is 0.246 e. The average molecular weight is 221 g/mol. The van der Waals surface area contributed by atoms with Crippen molar-refractivity contribution in [3.63, 3.8) is 0 Å². The largest absolute Gasteiger partial charge is 0.352 e. The first kappa shape index (κ1) is 15.9. The molecule has 0 aromatic rings. The summed E-state index contributed by atoms with van der Waals surface area (Å²) in [5.41, 5.74) is 6.14. The number of rotatable bonds is 4. The van der Waals surface area contributed by atoms with Crippen LogP contribution in [0.2, 0.25) is 0 Å². The summed E-state index contributed by atoms with van der Waals surface area (Å²) in [6.45, 7) is 11.7. The van der Waals surface area contributed by atoms with Gasteiger partial charge in [-0.1, -0.05) is 13.5 Å². The molecule has 4 heteroatoms. The molecule has 1 unspecified atom stereocenters. The van der Waals surface area contributed by atoms with Gasteiger partial charge in [0.05, 0.1) is 0 Å². The van der Waals surface area contributed by atoms with Crippen LogP contribution in [-0.4, -0.2) is 18.0 Å². The molecule has 3 N–H and O–H groups in total. The van der Waals surface area contributed by atoms with Gasteiger partial charge in [-0.15, -0.1) is 12.4 Å². The van der Waals surface area contributed by atoms with E-state index in [1.54, 1.807) is 6.92 Å². The topological polar surface area (TPSA) is 55.1 Å². The molecule has 0 saturated heterocycles. The van der Waals surface area contributed by atoms with E-state index in [-0.39, 0.29) is 29.8 Å². The SMILES string of the molecule is C=C(C)C(=O)NCC(C)C(C)(C)N.Cl. The smallest absolute Gasteiger partial charge is 0.246 e. The monoisotopic (exact) mass is 220 g/mol. The van der Waals surface area contributed by atoms with E-state index in [0.29, 0.717) is 12.1 Å². The first-order chi connectivity index (χ1) is 5.75. The second-order valence-electron chi connectivity index (χ2n) is 4.21. The predicted molar refractivity (Wildman–Crippen MR) is 62.5 cm³/mol. The summed E-state index contributed by atoms with van der Waals surface area (Å²) in [4.78, 5) is 11.1. The van der Waals surface area contributed by atoms with Crippen molar-refractivity contribution in [1.82, 2.24) is 5.32 Å². The Hall–Kier alpha value is -0.540. The molecule has 0 aliphatic rings. The van der Waals surface area contributed by atoms with E-state index in [2.05, 4.69) is 11.9 Å². The second-order valence-corrected chi connectivity index (χ2v) is 4.21. The summed E-state index contributed by atoms with van der Waals surface area (Å²) in [7, 11) is 0. The molecular formula is C10H21ClN2O. The Kier molecular flexibility index (Phi) is 6.86. The summed E-state index contributed by atoms with van der Waals surface area (Å²) in [5, 5.41) is 2.77. The quantitative estimate of drug-likeness (QED) is 0.706. The van der Waals surface area contributed by atoms with E-state index < -0.39 is 0 Å². The van der Waals surface area contributed by atoms with Crippen molar-refractivity contribution < 1.29 is 4.79 Å². The second kappa shape index (κ2) is 6.04. The number of nitrogens with one attached hydrogen (secondary N) is 1. The highest BCUT2D eigenvalue weighted by atomic mass is 35.5. The molecule has 0 spiro atoms. The van der Waals surface area contributed by atoms with Crippen molar-refractivity contribution in [3.05, 3.63) is 12.2 Å². The third-order valence-corrected chi connectivity index (χ3v) is 2.23. The molecule has 1 amide bonds. The molecule has 0 radical (unpaired) electrons. The Labute approximate surface area is 92.5 Å². The zero-order chi connectivity index (χ0) is 10.6. The summed E-state index contributed by atoms with van der Waals surface area (Å²) in [5.74, 6) is 0.145. The molecule has 0 saturated carbocycles. The molecule has 1 atom stereocenters. The third-order valence-electron chi connectivity index (χ3n) is 2.23. The van der Waals surface area contributed by atoms with Gasteiger partial charge in [-0.05, 0) is 26.7 Å². The minimum Gasteiger partial charge on any atom is -0.352 e. The number of hydrogen-bond donors (Lipinski definition) is 2. The van der Waals surface area contributed by atoms with Gasteiger partial charge in [-0.2, -0.15) is 0 Å². The highest BCUT2D eigenvalue weighted by Crippen LogP contribution is 2.11. The van der Waals surface area contributed by atoms with E-state index in [1.807, 2.05) is 20.8 Å². The van der Waals surface area contributed by atoms with Gasteiger partial charge in [0, 0.05) is 17.7 Å². The molecule has 0 aromatic carbocycles. The summed E-state index contributed by atoms with van der Waals surface area (Å²) >= 11 is 0. The maximum absolute atomic E-state index is 11.1. The molecule has 0 rings (SSSR count). The van der Waals surface area contributed by atoms with Crippen LogP contribution in [0.3, 0.4) is 0 Å². The number of halogens is 1. The molecular weight excluding hydrogens is 200 g/mol. The van der Waals surface area contributed by atoms with Crippen LogP contribution in [-0.2, 0) is 4.79 Å². The van der Waals surface area contributed by atoms with Crippen LogP contribution in [0.1, 0.15) is 27.7 Å². The van der Waals surface area contributed by atoms with Crippen LogP contribution < -0.4 is 11.1 Å². The van der Waals surface area contributed by atoms with E-state index in [1.165, 1.54) is 0 Å². The minimum absolute atomic E-state index is 0. The van der Waals surface area contributed by atoms with Gasteiger partial charge in [0.15, 0.2) is 0 Å². The van der Waals surface area contributed by atoms with Gasteiger partial charge in [-0.3, -0.25) is 4.79 Å². The Balaban J connectivity index is 0. The molecule has 0 fully saturated rings. The van der Waals surface area contributed by atoms with Crippen LogP contribution in [0, 0.1) is 5.92 Å². The summed E-state index contributed by atoms with van der Waals surface area (Å²) in [6.07, 6.45) is 0. The average Bonchev–Trinajstić information content (AvgIpc) is 1.97. The number of hydrogen-bond acceptors (Lipinski definition) is 2. The fourth-order valence-electron chi connectivity index (χ4n) is 0.660. The van der Waals surface area contributed by atoms with Gasteiger partial charge in [-0.25, -0.2) is 0 Å². The normalized spacial score (nSPS) is 12.6. The summed E-state index contributed by atoms with van der Waals surface area (Å²) < 4.78 is 0. The molecule has 0 heterocycles. The zero-order valence-corrected chi connectivity index (χ0v) is 10.2. The Morgan fingerprint density at radius 1 is 1.57 bits per heavy atom. The number of carbonyl (C=O) groups excluding carboxylic acids is 1. The number of amides is 1. The first-order valence-corrected chi connectivity index (χ1v) is 4.47. The van der Waals surface area contributed by atoms with Gasteiger partial charge in [0.25, 0.3) is 0 Å². The van der Waals surface area contributed by atoms with Crippen LogP contribution in [0.5, 0.6) is 0 Å². The lowest BCUT2D eigenvalue weighted by Crippen LogP contribution is -2.45. The fraction of sp³-hybridized carbons (Fsp3) is 0.700. The minimum atomic E-state index is -0.262. The van der Waals surface area contributed by atoms with E-state index in [9.17, 15) is 4.79 Å². The van der Waals surface area contributed by atoms with Gasteiger partial charge >= 0.3 is 0 Å². The van der Waals surface area contributed by atoms with Gasteiger partial charge in [0.1, 0.15) is 0 Å². The van der Waals surface area contributed by atoms with Crippen molar-refractivity contribution in [2.75, 3.05) is 6.54 Å². The third kappa shape index (κ3) is 6.00. The summed E-state index contributed by atoms with van der Waals surface area (Å²) in [6, 6.07) is 0. The first-order valence-electron chi connectivity index (χ1n) is 4.47. The number of nitrogens with two attached hydrogens (primary N) is 1. The zero-order valence-electron chi connectivity index (χ0n) is 9.39. The highest BCUT2D eigenvalue weighted by molar-refractivity contribution is 5.92. The molecule has 0 aromatic heterocycles. The molecule has 84 valence electrons.